The minimum atomic E-state index is 0.432. The van der Waals surface area contributed by atoms with Crippen LogP contribution >= 0.6 is 28.1 Å². The van der Waals surface area contributed by atoms with Crippen molar-refractivity contribution in [2.75, 3.05) is 25.5 Å². The molecule has 1 aliphatic heterocycles. The minimum Gasteiger partial charge on any atom is -0.389 e. The molecule has 0 aliphatic carbocycles. The SMILES string of the molecule is CN1CCC(Nc2ccc(C(N)=S)cc2Br)CC1. The number of piperidine rings is 1. The van der Waals surface area contributed by atoms with E-state index in [4.69, 9.17) is 18.0 Å². The Bertz CT molecular complexity index is 442. The second kappa shape index (κ2) is 5.99. The zero-order chi connectivity index (χ0) is 13.1. The summed E-state index contributed by atoms with van der Waals surface area (Å²) in [6.45, 7) is 2.31. The molecule has 18 heavy (non-hydrogen) atoms. The molecule has 1 fully saturated rings. The van der Waals surface area contributed by atoms with Crippen molar-refractivity contribution in [3.63, 3.8) is 0 Å². The van der Waals surface area contributed by atoms with Gasteiger partial charge < -0.3 is 16.0 Å². The van der Waals surface area contributed by atoms with Crippen molar-refractivity contribution in [2.24, 2.45) is 5.73 Å². The quantitative estimate of drug-likeness (QED) is 0.837. The van der Waals surface area contributed by atoms with E-state index >= 15 is 0 Å². The van der Waals surface area contributed by atoms with Crippen LogP contribution in [0.1, 0.15) is 18.4 Å². The van der Waals surface area contributed by atoms with Crippen LogP contribution in [0, 0.1) is 0 Å². The van der Waals surface area contributed by atoms with E-state index in [1.165, 1.54) is 12.8 Å². The molecular formula is C13H18BrN3S. The molecule has 0 unspecified atom stereocenters. The average molecular weight is 328 g/mol. The highest BCUT2D eigenvalue weighted by Crippen LogP contribution is 2.26. The van der Waals surface area contributed by atoms with Gasteiger partial charge in [0.15, 0.2) is 0 Å². The van der Waals surface area contributed by atoms with Gasteiger partial charge in [-0.2, -0.15) is 0 Å². The summed E-state index contributed by atoms with van der Waals surface area (Å²) >= 11 is 8.54. The van der Waals surface area contributed by atoms with E-state index in [2.05, 4.69) is 33.2 Å². The third kappa shape index (κ3) is 3.43. The molecule has 0 bridgehead atoms. The van der Waals surface area contributed by atoms with Crippen LogP contribution in [0.25, 0.3) is 0 Å². The lowest BCUT2D eigenvalue weighted by atomic mass is 10.0. The molecular weight excluding hydrogens is 310 g/mol. The van der Waals surface area contributed by atoms with Gasteiger partial charge in [-0.1, -0.05) is 12.2 Å². The third-order valence-electron chi connectivity index (χ3n) is 3.33. The summed E-state index contributed by atoms with van der Waals surface area (Å²) in [4.78, 5) is 2.80. The van der Waals surface area contributed by atoms with Crippen molar-refractivity contribution in [3.05, 3.63) is 28.2 Å². The fraction of sp³-hybridized carbons (Fsp3) is 0.462. The Morgan fingerprint density at radius 1 is 1.44 bits per heavy atom. The number of rotatable bonds is 3. The van der Waals surface area contributed by atoms with Crippen LogP contribution in [-0.4, -0.2) is 36.1 Å². The van der Waals surface area contributed by atoms with Crippen LogP contribution < -0.4 is 11.1 Å². The predicted molar refractivity (Wildman–Crippen MR) is 84.2 cm³/mol. The van der Waals surface area contributed by atoms with Crippen molar-refractivity contribution in [3.8, 4) is 0 Å². The van der Waals surface area contributed by atoms with Gasteiger partial charge in [0.1, 0.15) is 4.99 Å². The monoisotopic (exact) mass is 327 g/mol. The van der Waals surface area contributed by atoms with E-state index in [1.54, 1.807) is 0 Å². The molecule has 0 aromatic heterocycles. The van der Waals surface area contributed by atoms with E-state index in [0.29, 0.717) is 11.0 Å². The first-order valence-electron chi connectivity index (χ1n) is 6.10. The Labute approximate surface area is 122 Å². The first-order chi connectivity index (χ1) is 8.56. The number of hydrogen-bond acceptors (Lipinski definition) is 3. The van der Waals surface area contributed by atoms with Gasteiger partial charge in [0, 0.05) is 21.8 Å². The van der Waals surface area contributed by atoms with Crippen molar-refractivity contribution in [1.29, 1.82) is 0 Å². The highest BCUT2D eigenvalue weighted by atomic mass is 79.9. The van der Waals surface area contributed by atoms with Gasteiger partial charge in [-0.05, 0) is 67.1 Å². The summed E-state index contributed by atoms with van der Waals surface area (Å²) in [6, 6.07) is 6.52. The van der Waals surface area contributed by atoms with E-state index in [-0.39, 0.29) is 0 Å². The van der Waals surface area contributed by atoms with E-state index in [1.807, 2.05) is 18.2 Å². The Balaban J connectivity index is 2.03. The molecule has 0 atom stereocenters. The molecule has 0 spiro atoms. The summed E-state index contributed by atoms with van der Waals surface area (Å²) in [5.74, 6) is 0. The summed E-state index contributed by atoms with van der Waals surface area (Å²) < 4.78 is 1.02. The summed E-state index contributed by atoms with van der Waals surface area (Å²) in [7, 11) is 2.17. The molecule has 1 aliphatic rings. The first-order valence-corrected chi connectivity index (χ1v) is 7.31. The van der Waals surface area contributed by atoms with Crippen molar-refractivity contribution >= 4 is 38.8 Å². The van der Waals surface area contributed by atoms with Crippen molar-refractivity contribution in [1.82, 2.24) is 4.90 Å². The van der Waals surface area contributed by atoms with Crippen LogP contribution in [0.2, 0.25) is 0 Å². The number of nitrogens with one attached hydrogen (secondary N) is 1. The highest BCUT2D eigenvalue weighted by Gasteiger charge is 2.17. The molecule has 1 aromatic rings. The van der Waals surface area contributed by atoms with Crippen LogP contribution in [0.3, 0.4) is 0 Å². The standard InChI is InChI=1S/C13H18BrN3S/c1-17-6-4-10(5-7-17)16-12-3-2-9(13(15)18)8-11(12)14/h2-3,8,10,16H,4-7H2,1H3,(H2,15,18). The van der Waals surface area contributed by atoms with Crippen LogP contribution in [-0.2, 0) is 0 Å². The lowest BCUT2D eigenvalue weighted by Crippen LogP contribution is -2.36. The molecule has 0 radical (unpaired) electrons. The first kappa shape index (κ1) is 13.8. The Hall–Kier alpha value is -0.650. The number of thiocarbonyl (C=S) groups is 1. The van der Waals surface area contributed by atoms with Crippen LogP contribution in [0.4, 0.5) is 5.69 Å². The summed E-state index contributed by atoms with van der Waals surface area (Å²) in [5.41, 5.74) is 7.63. The van der Waals surface area contributed by atoms with Crippen LogP contribution in [0.15, 0.2) is 22.7 Å². The predicted octanol–water partition coefficient (Wildman–Crippen LogP) is 2.59. The molecule has 2 rings (SSSR count). The Kier molecular flexibility index (Phi) is 4.59. The number of benzene rings is 1. The topological polar surface area (TPSA) is 41.3 Å². The van der Waals surface area contributed by atoms with Crippen molar-refractivity contribution in [2.45, 2.75) is 18.9 Å². The van der Waals surface area contributed by atoms with E-state index < -0.39 is 0 Å². The fourth-order valence-corrected chi connectivity index (χ4v) is 2.78. The number of likely N-dealkylation sites (tertiary alicyclic amines) is 1. The molecule has 3 N–H and O–H groups in total. The van der Waals surface area contributed by atoms with Crippen LogP contribution in [0.5, 0.6) is 0 Å². The lowest BCUT2D eigenvalue weighted by molar-refractivity contribution is 0.264. The van der Waals surface area contributed by atoms with E-state index in [0.717, 1.165) is 28.8 Å². The number of hydrogen-bond donors (Lipinski definition) is 2. The maximum absolute atomic E-state index is 5.62. The third-order valence-corrected chi connectivity index (χ3v) is 4.22. The Morgan fingerprint density at radius 2 is 2.11 bits per heavy atom. The largest absolute Gasteiger partial charge is 0.389 e. The minimum absolute atomic E-state index is 0.432. The average Bonchev–Trinajstić information content (AvgIpc) is 2.34. The maximum Gasteiger partial charge on any atom is 0.104 e. The zero-order valence-electron chi connectivity index (χ0n) is 10.4. The number of nitrogens with two attached hydrogens (primary N) is 1. The van der Waals surface area contributed by atoms with Gasteiger partial charge in [0.25, 0.3) is 0 Å². The van der Waals surface area contributed by atoms with Gasteiger partial charge in [0.05, 0.1) is 0 Å². The normalized spacial score (nSPS) is 17.7. The van der Waals surface area contributed by atoms with E-state index in [9.17, 15) is 0 Å². The highest BCUT2D eigenvalue weighted by molar-refractivity contribution is 9.10. The smallest absolute Gasteiger partial charge is 0.104 e. The second-order valence-electron chi connectivity index (χ2n) is 4.78. The second-order valence-corrected chi connectivity index (χ2v) is 6.07. The molecule has 5 heteroatoms. The molecule has 3 nitrogen and oxygen atoms in total. The molecule has 1 aromatic carbocycles. The summed E-state index contributed by atoms with van der Waals surface area (Å²) in [6.07, 6.45) is 2.36. The number of anilines is 1. The molecule has 0 saturated carbocycles. The maximum atomic E-state index is 5.62. The van der Waals surface area contributed by atoms with Gasteiger partial charge in [0.2, 0.25) is 0 Å². The molecule has 1 saturated heterocycles. The van der Waals surface area contributed by atoms with Gasteiger partial charge in [-0.3, -0.25) is 0 Å². The number of halogens is 1. The zero-order valence-corrected chi connectivity index (χ0v) is 12.9. The molecule has 1 heterocycles. The molecule has 98 valence electrons. The lowest BCUT2D eigenvalue weighted by Gasteiger charge is -2.30. The van der Waals surface area contributed by atoms with Gasteiger partial charge in [-0.15, -0.1) is 0 Å². The molecule has 0 amide bonds. The Morgan fingerprint density at radius 3 is 2.67 bits per heavy atom. The fourth-order valence-electron chi connectivity index (χ4n) is 2.16. The summed E-state index contributed by atoms with van der Waals surface area (Å²) in [5, 5.41) is 3.58. The van der Waals surface area contributed by atoms with Gasteiger partial charge in [-0.25, -0.2) is 0 Å². The number of nitrogens with zero attached hydrogens (tertiary/aromatic N) is 1. The van der Waals surface area contributed by atoms with Gasteiger partial charge >= 0.3 is 0 Å². The van der Waals surface area contributed by atoms with Crippen molar-refractivity contribution < 1.29 is 0 Å².